The highest BCUT2D eigenvalue weighted by Crippen LogP contribution is 2.17. The van der Waals surface area contributed by atoms with E-state index in [2.05, 4.69) is 34.7 Å². The molecule has 0 aliphatic heterocycles. The molecule has 2 rings (SSSR count). The van der Waals surface area contributed by atoms with E-state index in [0.29, 0.717) is 19.7 Å². The molecule has 128 valence electrons. The normalized spacial score (nSPS) is 10.6. The third-order valence-corrected chi connectivity index (χ3v) is 4.30. The Morgan fingerprint density at radius 3 is 2.71 bits per heavy atom. The summed E-state index contributed by atoms with van der Waals surface area (Å²) in [6.07, 6.45) is 0. The lowest BCUT2D eigenvalue weighted by Crippen LogP contribution is -2.31. The highest BCUT2D eigenvalue weighted by molar-refractivity contribution is 7.99. The summed E-state index contributed by atoms with van der Waals surface area (Å²) in [5, 5.41) is 6.88. The summed E-state index contributed by atoms with van der Waals surface area (Å²) >= 11 is 1.68. The van der Waals surface area contributed by atoms with Crippen molar-refractivity contribution in [3.05, 3.63) is 58.0 Å². The van der Waals surface area contributed by atoms with E-state index >= 15 is 0 Å². The van der Waals surface area contributed by atoms with Gasteiger partial charge in [0, 0.05) is 30.4 Å². The minimum Gasteiger partial charge on any atom is -0.383 e. The molecule has 0 unspecified atom stereocenters. The molecule has 24 heavy (non-hydrogen) atoms. The molecule has 0 radical (unpaired) electrons. The van der Waals surface area contributed by atoms with E-state index in [1.54, 1.807) is 18.9 Å². The van der Waals surface area contributed by atoms with Gasteiger partial charge < -0.3 is 10.1 Å². The molecule has 0 bridgehead atoms. The standard InChI is InChI=1S/C17H21N3O3S/c1-13-3-5-14(6-4-13)24-12-9-18-17(22)15-7-8-16(21)20(19-15)10-11-23-2/h3-8H,9-12H2,1-2H3,(H,18,22). The molecular weight excluding hydrogens is 326 g/mol. The Balaban J connectivity index is 1.83. The molecule has 0 saturated heterocycles. The monoisotopic (exact) mass is 347 g/mol. The topological polar surface area (TPSA) is 73.2 Å². The fourth-order valence-electron chi connectivity index (χ4n) is 1.97. The number of aryl methyl sites for hydroxylation is 1. The maximum atomic E-state index is 12.1. The van der Waals surface area contributed by atoms with Crippen LogP contribution in [0.15, 0.2) is 46.1 Å². The highest BCUT2D eigenvalue weighted by atomic mass is 32.2. The minimum atomic E-state index is -0.286. The van der Waals surface area contributed by atoms with Gasteiger partial charge >= 0.3 is 0 Å². The van der Waals surface area contributed by atoms with Gasteiger partial charge in [0.05, 0.1) is 13.2 Å². The molecule has 1 aromatic carbocycles. The number of benzene rings is 1. The molecule has 0 aliphatic carbocycles. The number of nitrogens with one attached hydrogen (secondary N) is 1. The van der Waals surface area contributed by atoms with E-state index < -0.39 is 0 Å². The van der Waals surface area contributed by atoms with Crippen molar-refractivity contribution >= 4 is 17.7 Å². The number of amides is 1. The SMILES string of the molecule is COCCn1nc(C(=O)NCCSc2ccc(C)cc2)ccc1=O. The number of carbonyl (C=O) groups excluding carboxylic acids is 1. The van der Waals surface area contributed by atoms with Gasteiger partial charge in [0.15, 0.2) is 0 Å². The smallest absolute Gasteiger partial charge is 0.271 e. The predicted octanol–water partition coefficient (Wildman–Crippen LogP) is 1.72. The quantitative estimate of drug-likeness (QED) is 0.581. The van der Waals surface area contributed by atoms with Crippen LogP contribution in [-0.2, 0) is 11.3 Å². The van der Waals surface area contributed by atoms with Crippen LogP contribution in [0.25, 0.3) is 0 Å². The van der Waals surface area contributed by atoms with Gasteiger partial charge in [-0.2, -0.15) is 5.10 Å². The molecule has 1 aromatic heterocycles. The Hall–Kier alpha value is -2.12. The first-order chi connectivity index (χ1) is 11.6. The molecule has 7 heteroatoms. The largest absolute Gasteiger partial charge is 0.383 e. The van der Waals surface area contributed by atoms with Gasteiger partial charge in [-0.3, -0.25) is 9.59 Å². The van der Waals surface area contributed by atoms with E-state index in [1.807, 2.05) is 6.92 Å². The molecule has 0 spiro atoms. The molecule has 0 fully saturated rings. The Kier molecular flexibility index (Phi) is 7.02. The first-order valence-corrected chi connectivity index (χ1v) is 8.63. The summed E-state index contributed by atoms with van der Waals surface area (Å²) in [6, 6.07) is 11.0. The Morgan fingerprint density at radius 1 is 1.25 bits per heavy atom. The molecule has 1 amide bonds. The number of aromatic nitrogens is 2. The predicted molar refractivity (Wildman–Crippen MR) is 94.6 cm³/mol. The van der Waals surface area contributed by atoms with E-state index in [-0.39, 0.29) is 17.2 Å². The van der Waals surface area contributed by atoms with Gasteiger partial charge in [-0.25, -0.2) is 4.68 Å². The van der Waals surface area contributed by atoms with Gasteiger partial charge in [0.1, 0.15) is 5.69 Å². The van der Waals surface area contributed by atoms with Crippen LogP contribution in [0.3, 0.4) is 0 Å². The third kappa shape index (κ3) is 5.50. The summed E-state index contributed by atoms with van der Waals surface area (Å²) in [6.45, 7) is 3.26. The molecule has 1 heterocycles. The summed E-state index contributed by atoms with van der Waals surface area (Å²) in [5.41, 5.74) is 1.20. The van der Waals surface area contributed by atoms with Gasteiger partial charge in [0.2, 0.25) is 0 Å². The molecule has 0 atom stereocenters. The molecule has 6 nitrogen and oxygen atoms in total. The lowest BCUT2D eigenvalue weighted by molar-refractivity contribution is 0.0947. The van der Waals surface area contributed by atoms with Crippen LogP contribution in [0.4, 0.5) is 0 Å². The Morgan fingerprint density at radius 2 is 2.00 bits per heavy atom. The van der Waals surface area contributed by atoms with Crippen LogP contribution in [0.1, 0.15) is 16.1 Å². The number of thioether (sulfide) groups is 1. The average molecular weight is 347 g/mol. The van der Waals surface area contributed by atoms with Crippen LogP contribution in [0.2, 0.25) is 0 Å². The van der Waals surface area contributed by atoms with E-state index in [1.165, 1.54) is 27.3 Å². The molecular formula is C17H21N3O3S. The number of hydrogen-bond donors (Lipinski definition) is 1. The van der Waals surface area contributed by atoms with Gasteiger partial charge in [-0.05, 0) is 25.1 Å². The van der Waals surface area contributed by atoms with E-state index in [0.717, 1.165) is 5.75 Å². The zero-order valence-corrected chi connectivity index (χ0v) is 14.6. The van der Waals surface area contributed by atoms with Crippen LogP contribution in [-0.4, -0.2) is 41.7 Å². The van der Waals surface area contributed by atoms with Crippen molar-refractivity contribution in [2.45, 2.75) is 18.4 Å². The van der Waals surface area contributed by atoms with Crippen molar-refractivity contribution in [3.8, 4) is 0 Å². The van der Waals surface area contributed by atoms with Crippen LogP contribution in [0, 0.1) is 6.92 Å². The number of nitrogens with zero attached hydrogens (tertiary/aromatic N) is 2. The maximum Gasteiger partial charge on any atom is 0.271 e. The van der Waals surface area contributed by atoms with Crippen molar-refractivity contribution in [2.24, 2.45) is 0 Å². The van der Waals surface area contributed by atoms with Crippen LogP contribution < -0.4 is 10.9 Å². The zero-order chi connectivity index (χ0) is 17.4. The van der Waals surface area contributed by atoms with Crippen molar-refractivity contribution in [2.75, 3.05) is 26.0 Å². The summed E-state index contributed by atoms with van der Waals surface area (Å²) in [5.74, 6) is 0.476. The lowest BCUT2D eigenvalue weighted by atomic mass is 10.2. The molecule has 1 N–H and O–H groups in total. The first-order valence-electron chi connectivity index (χ1n) is 7.65. The van der Waals surface area contributed by atoms with Gasteiger partial charge in [0.25, 0.3) is 11.5 Å². The van der Waals surface area contributed by atoms with E-state index in [9.17, 15) is 9.59 Å². The van der Waals surface area contributed by atoms with Crippen molar-refractivity contribution in [1.29, 1.82) is 0 Å². The second-order valence-electron chi connectivity index (χ2n) is 5.19. The maximum absolute atomic E-state index is 12.1. The Bertz CT molecular complexity index is 729. The van der Waals surface area contributed by atoms with Gasteiger partial charge in [-0.15, -0.1) is 11.8 Å². The minimum absolute atomic E-state index is 0.228. The molecule has 0 saturated carbocycles. The summed E-state index contributed by atoms with van der Waals surface area (Å²) in [7, 11) is 1.55. The van der Waals surface area contributed by atoms with Crippen molar-refractivity contribution in [3.63, 3.8) is 0 Å². The van der Waals surface area contributed by atoms with Crippen molar-refractivity contribution < 1.29 is 9.53 Å². The first kappa shape index (κ1) is 18.2. The van der Waals surface area contributed by atoms with Crippen LogP contribution >= 0.6 is 11.8 Å². The Labute approximate surface area is 145 Å². The van der Waals surface area contributed by atoms with Crippen LogP contribution in [0.5, 0.6) is 0 Å². The number of hydrogen-bond acceptors (Lipinski definition) is 5. The number of methoxy groups -OCH3 is 1. The summed E-state index contributed by atoms with van der Waals surface area (Å²) < 4.78 is 6.16. The highest BCUT2D eigenvalue weighted by Gasteiger charge is 2.09. The van der Waals surface area contributed by atoms with Gasteiger partial charge in [-0.1, -0.05) is 17.7 Å². The zero-order valence-electron chi connectivity index (χ0n) is 13.8. The third-order valence-electron chi connectivity index (χ3n) is 3.28. The lowest BCUT2D eigenvalue weighted by Gasteiger charge is -2.07. The second-order valence-corrected chi connectivity index (χ2v) is 6.36. The number of carbonyl (C=O) groups is 1. The average Bonchev–Trinajstić information content (AvgIpc) is 2.59. The second kappa shape index (κ2) is 9.24. The number of rotatable bonds is 8. The molecule has 0 aliphatic rings. The fourth-order valence-corrected chi connectivity index (χ4v) is 2.73. The molecule has 2 aromatic rings. The fraction of sp³-hybridized carbons (Fsp3) is 0.353. The van der Waals surface area contributed by atoms with E-state index in [4.69, 9.17) is 4.74 Å². The summed E-state index contributed by atoms with van der Waals surface area (Å²) in [4.78, 5) is 24.9. The van der Waals surface area contributed by atoms with Crippen molar-refractivity contribution in [1.82, 2.24) is 15.1 Å². The number of ether oxygens (including phenoxy) is 1.